The Labute approximate surface area is 106 Å². The predicted octanol–water partition coefficient (Wildman–Crippen LogP) is 1.61. The molecule has 0 radical (unpaired) electrons. The number of carboxylic acids is 1. The molecule has 0 bridgehead atoms. The van der Waals surface area contributed by atoms with E-state index in [0.717, 1.165) is 0 Å². The fourth-order valence-corrected chi connectivity index (χ4v) is 1.50. The van der Waals surface area contributed by atoms with Crippen molar-refractivity contribution in [3.05, 3.63) is 29.8 Å². The normalized spacial score (nSPS) is 12.4. The molecular formula is C13H18O5. The highest BCUT2D eigenvalue weighted by molar-refractivity contribution is 5.74. The molecule has 0 saturated carbocycles. The summed E-state index contributed by atoms with van der Waals surface area (Å²) in [7, 11) is 0. The molecular weight excluding hydrogens is 236 g/mol. The molecule has 0 amide bonds. The van der Waals surface area contributed by atoms with Gasteiger partial charge in [-0.3, -0.25) is 0 Å². The van der Waals surface area contributed by atoms with Crippen LogP contribution in [0.3, 0.4) is 0 Å². The van der Waals surface area contributed by atoms with E-state index >= 15 is 0 Å². The van der Waals surface area contributed by atoms with Crippen LogP contribution in [0.1, 0.15) is 25.5 Å². The first-order valence-electron chi connectivity index (χ1n) is 5.76. The zero-order valence-electron chi connectivity index (χ0n) is 10.5. The van der Waals surface area contributed by atoms with E-state index in [2.05, 4.69) is 0 Å². The molecule has 18 heavy (non-hydrogen) atoms. The van der Waals surface area contributed by atoms with Crippen LogP contribution in [0.5, 0.6) is 5.75 Å². The molecule has 1 aromatic carbocycles. The van der Waals surface area contributed by atoms with Gasteiger partial charge in [-0.2, -0.15) is 0 Å². The fourth-order valence-electron chi connectivity index (χ4n) is 1.50. The van der Waals surface area contributed by atoms with Crippen molar-refractivity contribution in [2.45, 2.75) is 26.1 Å². The summed E-state index contributed by atoms with van der Waals surface area (Å²) < 4.78 is 10.6. The van der Waals surface area contributed by atoms with E-state index in [9.17, 15) is 4.79 Å². The van der Waals surface area contributed by atoms with Crippen LogP contribution in [-0.4, -0.2) is 35.5 Å². The van der Waals surface area contributed by atoms with Gasteiger partial charge >= 0.3 is 5.97 Å². The lowest BCUT2D eigenvalue weighted by atomic mass is 10.1. The van der Waals surface area contributed by atoms with Gasteiger partial charge in [0.1, 0.15) is 5.75 Å². The third kappa shape index (κ3) is 4.35. The van der Waals surface area contributed by atoms with E-state index in [1.807, 2.05) is 13.8 Å². The zero-order chi connectivity index (χ0) is 13.5. The van der Waals surface area contributed by atoms with Crippen LogP contribution in [-0.2, 0) is 9.53 Å². The number of aliphatic hydroxyl groups is 1. The number of rotatable bonds is 7. The van der Waals surface area contributed by atoms with E-state index < -0.39 is 12.1 Å². The van der Waals surface area contributed by atoms with Crippen LogP contribution < -0.4 is 4.74 Å². The second kappa shape index (κ2) is 6.98. The molecule has 0 aliphatic heterocycles. The van der Waals surface area contributed by atoms with Crippen molar-refractivity contribution in [2.75, 3.05) is 13.2 Å². The SMILES string of the molecule is CC(C)Oc1cccc(C(OCCO)C(=O)O)c1. The van der Waals surface area contributed by atoms with Gasteiger partial charge < -0.3 is 19.7 Å². The molecule has 0 fully saturated rings. The highest BCUT2D eigenvalue weighted by Crippen LogP contribution is 2.23. The van der Waals surface area contributed by atoms with Gasteiger partial charge in [-0.15, -0.1) is 0 Å². The topological polar surface area (TPSA) is 76.0 Å². The maximum atomic E-state index is 11.1. The number of ether oxygens (including phenoxy) is 2. The minimum absolute atomic E-state index is 0.0156. The lowest BCUT2D eigenvalue weighted by Gasteiger charge is -2.15. The summed E-state index contributed by atoms with van der Waals surface area (Å²) in [5.41, 5.74) is 0.495. The van der Waals surface area contributed by atoms with Crippen molar-refractivity contribution in [1.82, 2.24) is 0 Å². The Bertz CT molecular complexity index is 389. The number of aliphatic hydroxyl groups excluding tert-OH is 1. The first kappa shape index (κ1) is 14.5. The maximum Gasteiger partial charge on any atom is 0.337 e. The second-order valence-electron chi connectivity index (χ2n) is 4.05. The highest BCUT2D eigenvalue weighted by atomic mass is 16.5. The van der Waals surface area contributed by atoms with E-state index in [1.54, 1.807) is 24.3 Å². The standard InChI is InChI=1S/C13H18O5/c1-9(2)18-11-5-3-4-10(8-11)12(13(15)16)17-7-6-14/h3-5,8-9,12,14H,6-7H2,1-2H3,(H,15,16). The number of carboxylic acid groups (broad SMARTS) is 1. The lowest BCUT2D eigenvalue weighted by molar-refractivity contribution is -0.151. The number of aliphatic carboxylic acids is 1. The molecule has 100 valence electrons. The van der Waals surface area contributed by atoms with E-state index in [1.165, 1.54) is 0 Å². The monoisotopic (exact) mass is 254 g/mol. The summed E-state index contributed by atoms with van der Waals surface area (Å²) in [5, 5.41) is 17.8. The molecule has 2 N–H and O–H groups in total. The van der Waals surface area contributed by atoms with Crippen molar-refractivity contribution >= 4 is 5.97 Å². The van der Waals surface area contributed by atoms with Crippen LogP contribution in [0, 0.1) is 0 Å². The number of hydrogen-bond donors (Lipinski definition) is 2. The maximum absolute atomic E-state index is 11.1. The summed E-state index contributed by atoms with van der Waals surface area (Å²) in [5.74, 6) is -0.494. The Balaban J connectivity index is 2.87. The summed E-state index contributed by atoms with van der Waals surface area (Å²) in [6.45, 7) is 3.55. The van der Waals surface area contributed by atoms with Crippen LogP contribution in [0.4, 0.5) is 0 Å². The average Bonchev–Trinajstić information content (AvgIpc) is 2.28. The Morgan fingerprint density at radius 3 is 2.67 bits per heavy atom. The fraction of sp³-hybridized carbons (Fsp3) is 0.462. The average molecular weight is 254 g/mol. The van der Waals surface area contributed by atoms with E-state index in [-0.39, 0.29) is 19.3 Å². The number of benzene rings is 1. The zero-order valence-corrected chi connectivity index (χ0v) is 10.5. The van der Waals surface area contributed by atoms with Gasteiger partial charge in [0, 0.05) is 0 Å². The van der Waals surface area contributed by atoms with Crippen molar-refractivity contribution in [3.63, 3.8) is 0 Å². The third-order valence-corrected chi connectivity index (χ3v) is 2.13. The minimum Gasteiger partial charge on any atom is -0.491 e. The molecule has 0 aliphatic rings. The van der Waals surface area contributed by atoms with Gasteiger partial charge in [0.2, 0.25) is 0 Å². The molecule has 1 atom stereocenters. The molecule has 1 rings (SSSR count). The molecule has 0 spiro atoms. The third-order valence-electron chi connectivity index (χ3n) is 2.13. The Kier molecular flexibility index (Phi) is 5.61. The van der Waals surface area contributed by atoms with Crippen molar-refractivity contribution in [3.8, 4) is 5.75 Å². The summed E-state index contributed by atoms with van der Waals surface area (Å²) in [6.07, 6.45) is -1.07. The predicted molar refractivity (Wildman–Crippen MR) is 65.6 cm³/mol. The van der Waals surface area contributed by atoms with Gasteiger partial charge in [0.25, 0.3) is 0 Å². The quantitative estimate of drug-likeness (QED) is 0.773. The molecule has 5 heteroatoms. The van der Waals surface area contributed by atoms with E-state index in [0.29, 0.717) is 11.3 Å². The Morgan fingerprint density at radius 1 is 1.39 bits per heavy atom. The smallest absolute Gasteiger partial charge is 0.337 e. The summed E-state index contributed by atoms with van der Waals surface area (Å²) >= 11 is 0. The largest absolute Gasteiger partial charge is 0.491 e. The second-order valence-corrected chi connectivity index (χ2v) is 4.05. The van der Waals surface area contributed by atoms with Crippen molar-refractivity contribution < 1.29 is 24.5 Å². The summed E-state index contributed by atoms with van der Waals surface area (Å²) in [4.78, 5) is 11.1. The number of carbonyl (C=O) groups is 1. The molecule has 1 unspecified atom stereocenters. The highest BCUT2D eigenvalue weighted by Gasteiger charge is 2.20. The molecule has 0 aliphatic carbocycles. The summed E-state index contributed by atoms with van der Waals surface area (Å²) in [6, 6.07) is 6.76. The first-order valence-corrected chi connectivity index (χ1v) is 5.76. The molecule has 0 heterocycles. The molecule has 0 aromatic heterocycles. The Hall–Kier alpha value is -1.59. The Morgan fingerprint density at radius 2 is 2.11 bits per heavy atom. The van der Waals surface area contributed by atoms with Gasteiger partial charge in [-0.05, 0) is 31.5 Å². The van der Waals surface area contributed by atoms with Gasteiger partial charge in [0.15, 0.2) is 6.10 Å². The molecule has 1 aromatic rings. The van der Waals surface area contributed by atoms with Gasteiger partial charge in [0.05, 0.1) is 19.3 Å². The van der Waals surface area contributed by atoms with Gasteiger partial charge in [-0.1, -0.05) is 12.1 Å². The molecule has 5 nitrogen and oxygen atoms in total. The van der Waals surface area contributed by atoms with E-state index in [4.69, 9.17) is 19.7 Å². The molecule has 0 saturated heterocycles. The number of hydrogen-bond acceptors (Lipinski definition) is 4. The lowest BCUT2D eigenvalue weighted by Crippen LogP contribution is -2.17. The van der Waals surface area contributed by atoms with Crippen LogP contribution >= 0.6 is 0 Å². The van der Waals surface area contributed by atoms with Crippen molar-refractivity contribution in [2.24, 2.45) is 0 Å². The first-order chi connectivity index (χ1) is 8.54. The van der Waals surface area contributed by atoms with Crippen LogP contribution in [0.25, 0.3) is 0 Å². The van der Waals surface area contributed by atoms with Gasteiger partial charge in [-0.25, -0.2) is 4.79 Å². The minimum atomic E-state index is -1.09. The van der Waals surface area contributed by atoms with Crippen LogP contribution in [0.15, 0.2) is 24.3 Å². The van der Waals surface area contributed by atoms with Crippen molar-refractivity contribution in [1.29, 1.82) is 0 Å². The van der Waals surface area contributed by atoms with Crippen LogP contribution in [0.2, 0.25) is 0 Å².